The number of aromatic nitrogens is 1. The number of para-hydroxylation sites is 2. The first-order chi connectivity index (χ1) is 12.2. The quantitative estimate of drug-likeness (QED) is 0.719. The number of carbonyl (C=O) groups is 1. The molecule has 0 saturated heterocycles. The summed E-state index contributed by atoms with van der Waals surface area (Å²) in [5, 5.41) is 4.88. The van der Waals surface area contributed by atoms with Crippen LogP contribution < -0.4 is 10.2 Å². The van der Waals surface area contributed by atoms with Crippen molar-refractivity contribution in [1.29, 1.82) is 0 Å². The molecule has 0 radical (unpaired) electrons. The molecular formula is C21H21N3O. The number of aromatic amines is 1. The molecule has 3 heterocycles. The van der Waals surface area contributed by atoms with Gasteiger partial charge in [0.05, 0.1) is 5.69 Å². The van der Waals surface area contributed by atoms with Crippen molar-refractivity contribution < 1.29 is 4.79 Å². The number of H-pyrrole nitrogens is 1. The zero-order valence-corrected chi connectivity index (χ0v) is 14.5. The second-order valence-electron chi connectivity index (χ2n) is 7.09. The molecule has 4 heteroatoms. The molecule has 1 aromatic heterocycles. The standard InChI is InChI=1S/C21H21N3O/c1-3-24-18-11-7-5-9-16(18)21(20(24)25)19-15(12-13(2)23-21)14-8-4-6-10-17(14)22-19/h4-11,13,22-23H,3,12H2,1-2H3/t13-,21+/m1/s1. The first kappa shape index (κ1) is 14.7. The number of benzene rings is 2. The van der Waals surface area contributed by atoms with E-state index in [1.807, 2.05) is 30.0 Å². The van der Waals surface area contributed by atoms with Gasteiger partial charge in [0.2, 0.25) is 0 Å². The molecular weight excluding hydrogens is 310 g/mol. The van der Waals surface area contributed by atoms with E-state index in [4.69, 9.17) is 0 Å². The molecule has 0 aliphatic carbocycles. The fourth-order valence-electron chi connectivity index (χ4n) is 4.68. The number of fused-ring (bicyclic) bond motifs is 6. The van der Waals surface area contributed by atoms with Crippen molar-refractivity contribution in [2.75, 3.05) is 11.4 Å². The predicted octanol–water partition coefficient (Wildman–Crippen LogP) is 3.31. The van der Waals surface area contributed by atoms with Gasteiger partial charge < -0.3 is 9.88 Å². The number of amides is 1. The Morgan fingerprint density at radius 3 is 2.76 bits per heavy atom. The van der Waals surface area contributed by atoms with E-state index in [2.05, 4.69) is 47.6 Å². The number of hydrogen-bond donors (Lipinski definition) is 2. The number of hydrogen-bond acceptors (Lipinski definition) is 2. The van der Waals surface area contributed by atoms with Crippen LogP contribution in [0.1, 0.15) is 30.7 Å². The van der Waals surface area contributed by atoms with Crippen molar-refractivity contribution >= 4 is 22.5 Å². The molecule has 3 aromatic rings. The van der Waals surface area contributed by atoms with Gasteiger partial charge >= 0.3 is 0 Å². The number of nitrogens with zero attached hydrogens (tertiary/aromatic N) is 1. The van der Waals surface area contributed by atoms with Crippen LogP contribution in [0, 0.1) is 0 Å². The number of rotatable bonds is 1. The van der Waals surface area contributed by atoms with Gasteiger partial charge in [-0.2, -0.15) is 0 Å². The summed E-state index contributed by atoms with van der Waals surface area (Å²) in [4.78, 5) is 19.1. The molecule has 0 bridgehead atoms. The summed E-state index contributed by atoms with van der Waals surface area (Å²) in [6.45, 7) is 4.87. The molecule has 2 N–H and O–H groups in total. The van der Waals surface area contributed by atoms with E-state index >= 15 is 0 Å². The molecule has 0 unspecified atom stereocenters. The molecule has 0 saturated carbocycles. The number of carbonyl (C=O) groups excluding carboxylic acids is 1. The topological polar surface area (TPSA) is 48.1 Å². The summed E-state index contributed by atoms with van der Waals surface area (Å²) in [6.07, 6.45) is 0.919. The SMILES string of the molecule is CCN1C(=O)[C@]2(N[C@H](C)Cc3c2[nH]c2ccccc32)c2ccccc21. The van der Waals surface area contributed by atoms with Gasteiger partial charge in [0.1, 0.15) is 0 Å². The van der Waals surface area contributed by atoms with Crippen LogP contribution in [0.15, 0.2) is 48.5 Å². The number of nitrogens with one attached hydrogen (secondary N) is 2. The second kappa shape index (κ2) is 4.96. The fraction of sp³-hybridized carbons (Fsp3) is 0.286. The minimum atomic E-state index is -0.807. The summed E-state index contributed by atoms with van der Waals surface area (Å²) in [5.41, 5.74) is 4.65. The third kappa shape index (κ3) is 1.72. The highest BCUT2D eigenvalue weighted by Gasteiger charge is 2.55. The van der Waals surface area contributed by atoms with E-state index in [0.29, 0.717) is 6.54 Å². The monoisotopic (exact) mass is 331 g/mol. The van der Waals surface area contributed by atoms with Crippen molar-refractivity contribution in [3.63, 3.8) is 0 Å². The molecule has 2 aromatic carbocycles. The van der Waals surface area contributed by atoms with Gasteiger partial charge in [0, 0.05) is 34.7 Å². The first-order valence-corrected chi connectivity index (χ1v) is 8.96. The van der Waals surface area contributed by atoms with Gasteiger partial charge in [0.25, 0.3) is 5.91 Å². The maximum absolute atomic E-state index is 13.6. The highest BCUT2D eigenvalue weighted by atomic mass is 16.2. The Morgan fingerprint density at radius 2 is 1.92 bits per heavy atom. The lowest BCUT2D eigenvalue weighted by Crippen LogP contribution is -2.58. The first-order valence-electron chi connectivity index (χ1n) is 8.96. The second-order valence-corrected chi connectivity index (χ2v) is 7.09. The molecule has 126 valence electrons. The Labute approximate surface area is 146 Å². The van der Waals surface area contributed by atoms with E-state index in [9.17, 15) is 4.79 Å². The highest BCUT2D eigenvalue weighted by molar-refractivity contribution is 6.11. The minimum absolute atomic E-state index is 0.121. The average molecular weight is 331 g/mol. The van der Waals surface area contributed by atoms with Gasteiger partial charge in [-0.15, -0.1) is 0 Å². The maximum atomic E-state index is 13.6. The summed E-state index contributed by atoms with van der Waals surface area (Å²) >= 11 is 0. The third-order valence-corrected chi connectivity index (χ3v) is 5.64. The van der Waals surface area contributed by atoms with Gasteiger partial charge in [-0.1, -0.05) is 36.4 Å². The van der Waals surface area contributed by atoms with Crippen LogP contribution in [0.2, 0.25) is 0 Å². The maximum Gasteiger partial charge on any atom is 0.258 e. The van der Waals surface area contributed by atoms with Crippen LogP contribution in [-0.4, -0.2) is 23.5 Å². The summed E-state index contributed by atoms with van der Waals surface area (Å²) in [5.74, 6) is 0.121. The Kier molecular flexibility index (Phi) is 2.92. The van der Waals surface area contributed by atoms with Crippen molar-refractivity contribution in [2.24, 2.45) is 0 Å². The molecule has 2 aliphatic heterocycles. The molecule has 25 heavy (non-hydrogen) atoms. The third-order valence-electron chi connectivity index (χ3n) is 5.64. The zero-order valence-electron chi connectivity index (χ0n) is 14.5. The predicted molar refractivity (Wildman–Crippen MR) is 99.8 cm³/mol. The van der Waals surface area contributed by atoms with Gasteiger partial charge in [-0.05, 0) is 38.0 Å². The molecule has 4 nitrogen and oxygen atoms in total. The van der Waals surface area contributed by atoms with Crippen molar-refractivity contribution in [3.8, 4) is 0 Å². The Balaban J connectivity index is 1.87. The van der Waals surface area contributed by atoms with E-state index in [-0.39, 0.29) is 11.9 Å². The van der Waals surface area contributed by atoms with E-state index < -0.39 is 5.54 Å². The average Bonchev–Trinajstić information content (AvgIpc) is 3.11. The van der Waals surface area contributed by atoms with Crippen LogP contribution in [0.25, 0.3) is 10.9 Å². The summed E-state index contributed by atoms with van der Waals surface area (Å²) in [7, 11) is 0. The fourth-order valence-corrected chi connectivity index (χ4v) is 4.68. The number of anilines is 1. The van der Waals surface area contributed by atoms with Crippen LogP contribution in [0.3, 0.4) is 0 Å². The molecule has 2 aliphatic rings. The van der Waals surface area contributed by atoms with Crippen molar-refractivity contribution in [1.82, 2.24) is 10.3 Å². The molecule has 1 spiro atoms. The lowest BCUT2D eigenvalue weighted by molar-refractivity contribution is -0.123. The van der Waals surface area contributed by atoms with Gasteiger partial charge in [-0.25, -0.2) is 0 Å². The Hall–Kier alpha value is -2.59. The smallest absolute Gasteiger partial charge is 0.258 e. The van der Waals surface area contributed by atoms with Gasteiger partial charge in [0.15, 0.2) is 5.54 Å². The largest absolute Gasteiger partial charge is 0.356 e. The zero-order chi connectivity index (χ0) is 17.2. The lowest BCUT2D eigenvalue weighted by Gasteiger charge is -2.37. The number of likely N-dealkylation sites (N-methyl/N-ethyl adjacent to an activating group) is 1. The summed E-state index contributed by atoms with van der Waals surface area (Å²) < 4.78 is 0. The minimum Gasteiger partial charge on any atom is -0.356 e. The Bertz CT molecular complexity index is 1010. The Morgan fingerprint density at radius 1 is 1.16 bits per heavy atom. The van der Waals surface area contributed by atoms with E-state index in [0.717, 1.165) is 28.9 Å². The van der Waals surface area contributed by atoms with E-state index in [1.54, 1.807) is 0 Å². The van der Waals surface area contributed by atoms with Gasteiger partial charge in [-0.3, -0.25) is 10.1 Å². The molecule has 5 rings (SSSR count). The van der Waals surface area contributed by atoms with Crippen LogP contribution in [-0.2, 0) is 16.8 Å². The summed E-state index contributed by atoms with van der Waals surface area (Å²) in [6, 6.07) is 16.7. The van der Waals surface area contributed by atoms with Crippen LogP contribution in [0.4, 0.5) is 5.69 Å². The van der Waals surface area contributed by atoms with Crippen LogP contribution >= 0.6 is 0 Å². The molecule has 0 fully saturated rings. The molecule has 2 atom stereocenters. The lowest BCUT2D eigenvalue weighted by atomic mass is 9.80. The van der Waals surface area contributed by atoms with Crippen molar-refractivity contribution in [2.45, 2.75) is 31.8 Å². The van der Waals surface area contributed by atoms with Crippen molar-refractivity contribution in [3.05, 3.63) is 65.4 Å². The van der Waals surface area contributed by atoms with Crippen LogP contribution in [0.5, 0.6) is 0 Å². The highest BCUT2D eigenvalue weighted by Crippen LogP contribution is 2.48. The molecule has 1 amide bonds. The van der Waals surface area contributed by atoms with E-state index in [1.165, 1.54) is 10.9 Å². The normalized spacial score (nSPS) is 24.8.